The van der Waals surface area contributed by atoms with Crippen molar-refractivity contribution in [1.82, 2.24) is 5.32 Å². The number of hydrogen-bond acceptors (Lipinski definition) is 2. The van der Waals surface area contributed by atoms with Crippen LogP contribution >= 0.6 is 0 Å². The molecule has 1 aliphatic rings. The van der Waals surface area contributed by atoms with E-state index in [0.29, 0.717) is 6.42 Å². The summed E-state index contributed by atoms with van der Waals surface area (Å²) in [4.78, 5) is 21.3. The van der Waals surface area contributed by atoms with Gasteiger partial charge in [-0.25, -0.2) is 0 Å². The smallest absolute Gasteiger partial charge is 0.305 e. The number of nitrogens with one attached hydrogen (secondary N) is 1. The minimum atomic E-state index is -0.845. The average molecular weight is 171 g/mol. The molecule has 1 heterocycles. The normalized spacial score (nSPS) is 24.3. The van der Waals surface area contributed by atoms with Crippen LogP contribution in [-0.4, -0.2) is 23.0 Å². The highest BCUT2D eigenvalue weighted by molar-refractivity contribution is 5.77. The van der Waals surface area contributed by atoms with Crippen LogP contribution in [-0.2, 0) is 9.59 Å². The lowest BCUT2D eigenvalue weighted by Crippen LogP contribution is -2.34. The molecule has 4 nitrogen and oxygen atoms in total. The number of amides is 1. The third-order valence-corrected chi connectivity index (χ3v) is 1.99. The van der Waals surface area contributed by atoms with Crippen LogP contribution in [0.1, 0.15) is 32.1 Å². The molecule has 0 spiro atoms. The molecular weight excluding hydrogens is 158 g/mol. The first-order valence-electron chi connectivity index (χ1n) is 4.19. The fourth-order valence-corrected chi connectivity index (χ4v) is 1.41. The van der Waals surface area contributed by atoms with E-state index in [-0.39, 0.29) is 18.4 Å². The maximum atomic E-state index is 11.0. The molecule has 0 radical (unpaired) electrons. The van der Waals surface area contributed by atoms with Crippen molar-refractivity contribution in [2.75, 3.05) is 0 Å². The summed E-state index contributed by atoms with van der Waals surface area (Å²) in [7, 11) is 0. The molecule has 0 aliphatic carbocycles. The largest absolute Gasteiger partial charge is 0.481 e. The number of rotatable bonds is 2. The maximum absolute atomic E-state index is 11.0. The van der Waals surface area contributed by atoms with E-state index in [1.165, 1.54) is 0 Å². The van der Waals surface area contributed by atoms with Gasteiger partial charge in [-0.3, -0.25) is 9.59 Å². The number of carbonyl (C=O) groups is 2. The van der Waals surface area contributed by atoms with Gasteiger partial charge >= 0.3 is 5.97 Å². The fraction of sp³-hybridized carbons (Fsp3) is 0.750. The monoisotopic (exact) mass is 171 g/mol. The molecule has 2 N–H and O–H groups in total. The van der Waals surface area contributed by atoms with Crippen LogP contribution in [0, 0.1) is 0 Å². The number of carbonyl (C=O) groups excluding carboxylic acids is 1. The molecule has 1 fully saturated rings. The summed E-state index contributed by atoms with van der Waals surface area (Å²) in [5.41, 5.74) is 0. The average Bonchev–Trinajstić information content (AvgIpc) is 2.12. The summed E-state index contributed by atoms with van der Waals surface area (Å²) in [5.74, 6) is -0.860. The minimum absolute atomic E-state index is 0.0150. The van der Waals surface area contributed by atoms with Crippen molar-refractivity contribution in [3.05, 3.63) is 0 Å². The van der Waals surface area contributed by atoms with Gasteiger partial charge in [0.2, 0.25) is 5.91 Å². The predicted octanol–water partition coefficient (Wildman–Crippen LogP) is 0.520. The molecule has 4 heteroatoms. The first-order valence-corrected chi connectivity index (χ1v) is 4.19. The van der Waals surface area contributed by atoms with E-state index in [0.717, 1.165) is 19.3 Å². The van der Waals surface area contributed by atoms with Crippen molar-refractivity contribution in [2.45, 2.75) is 38.1 Å². The Bertz CT molecular complexity index is 191. The first-order chi connectivity index (χ1) is 5.68. The molecule has 1 atom stereocenters. The van der Waals surface area contributed by atoms with Crippen molar-refractivity contribution in [1.29, 1.82) is 0 Å². The molecule has 1 unspecified atom stereocenters. The number of hydrogen-bond donors (Lipinski definition) is 2. The van der Waals surface area contributed by atoms with Gasteiger partial charge in [-0.15, -0.1) is 0 Å². The molecule has 0 aromatic rings. The van der Waals surface area contributed by atoms with E-state index in [2.05, 4.69) is 5.32 Å². The van der Waals surface area contributed by atoms with Crippen LogP contribution in [0.15, 0.2) is 0 Å². The van der Waals surface area contributed by atoms with E-state index in [4.69, 9.17) is 5.11 Å². The standard InChI is InChI=1S/C8H13NO3/c10-7-4-2-1-3-6(9-7)5-8(11)12/h6H,1-5H2,(H,9,10)(H,11,12). The number of carboxylic acid groups (broad SMARTS) is 1. The molecule has 68 valence electrons. The van der Waals surface area contributed by atoms with Crippen LogP contribution in [0.4, 0.5) is 0 Å². The Morgan fingerprint density at radius 2 is 2.33 bits per heavy atom. The van der Waals surface area contributed by atoms with Gasteiger partial charge in [-0.2, -0.15) is 0 Å². The lowest BCUT2D eigenvalue weighted by molar-refractivity contribution is -0.137. The highest BCUT2D eigenvalue weighted by atomic mass is 16.4. The molecule has 1 saturated heterocycles. The lowest BCUT2D eigenvalue weighted by Gasteiger charge is -2.12. The molecule has 1 amide bonds. The second kappa shape index (κ2) is 4.09. The second-order valence-electron chi connectivity index (χ2n) is 3.11. The Balaban J connectivity index is 2.41. The Kier molecular flexibility index (Phi) is 3.08. The van der Waals surface area contributed by atoms with Crippen LogP contribution in [0.5, 0.6) is 0 Å². The highest BCUT2D eigenvalue weighted by Crippen LogP contribution is 2.11. The Labute approximate surface area is 71.0 Å². The van der Waals surface area contributed by atoms with Gasteiger partial charge in [0.05, 0.1) is 6.42 Å². The zero-order chi connectivity index (χ0) is 8.97. The molecule has 1 rings (SSSR count). The van der Waals surface area contributed by atoms with Crippen molar-refractivity contribution in [3.63, 3.8) is 0 Å². The third-order valence-electron chi connectivity index (χ3n) is 1.99. The van der Waals surface area contributed by atoms with E-state index in [9.17, 15) is 9.59 Å². The minimum Gasteiger partial charge on any atom is -0.481 e. The van der Waals surface area contributed by atoms with E-state index in [1.54, 1.807) is 0 Å². The molecular formula is C8H13NO3. The maximum Gasteiger partial charge on any atom is 0.305 e. The van der Waals surface area contributed by atoms with Crippen molar-refractivity contribution in [2.24, 2.45) is 0 Å². The van der Waals surface area contributed by atoms with E-state index in [1.807, 2.05) is 0 Å². The SMILES string of the molecule is O=C(O)CC1CCCCC(=O)N1. The van der Waals surface area contributed by atoms with Crippen LogP contribution in [0.2, 0.25) is 0 Å². The zero-order valence-electron chi connectivity index (χ0n) is 6.88. The van der Waals surface area contributed by atoms with Gasteiger partial charge in [0.1, 0.15) is 0 Å². The van der Waals surface area contributed by atoms with Crippen LogP contribution in [0.25, 0.3) is 0 Å². The lowest BCUT2D eigenvalue weighted by atomic mass is 10.1. The molecule has 0 bridgehead atoms. The summed E-state index contributed by atoms with van der Waals surface area (Å²) < 4.78 is 0. The summed E-state index contributed by atoms with van der Waals surface area (Å²) in [5, 5.41) is 11.2. The predicted molar refractivity (Wildman–Crippen MR) is 42.7 cm³/mol. The van der Waals surface area contributed by atoms with Crippen molar-refractivity contribution in [3.8, 4) is 0 Å². The van der Waals surface area contributed by atoms with Gasteiger partial charge < -0.3 is 10.4 Å². The molecule has 1 aliphatic heterocycles. The Hall–Kier alpha value is -1.06. The Morgan fingerprint density at radius 1 is 1.58 bits per heavy atom. The quantitative estimate of drug-likeness (QED) is 0.636. The zero-order valence-corrected chi connectivity index (χ0v) is 6.88. The topological polar surface area (TPSA) is 66.4 Å². The summed E-state index contributed by atoms with van der Waals surface area (Å²) >= 11 is 0. The van der Waals surface area contributed by atoms with Gasteiger partial charge in [0.15, 0.2) is 0 Å². The molecule has 0 aromatic carbocycles. The van der Waals surface area contributed by atoms with Gasteiger partial charge in [0, 0.05) is 12.5 Å². The van der Waals surface area contributed by atoms with Gasteiger partial charge in [-0.1, -0.05) is 6.42 Å². The van der Waals surface area contributed by atoms with Crippen LogP contribution < -0.4 is 5.32 Å². The molecule has 0 aromatic heterocycles. The molecule has 0 saturated carbocycles. The fourth-order valence-electron chi connectivity index (χ4n) is 1.41. The van der Waals surface area contributed by atoms with Gasteiger partial charge in [0.25, 0.3) is 0 Å². The Morgan fingerprint density at radius 3 is 3.00 bits per heavy atom. The number of aliphatic carboxylic acids is 1. The highest BCUT2D eigenvalue weighted by Gasteiger charge is 2.18. The van der Waals surface area contributed by atoms with Crippen LogP contribution in [0.3, 0.4) is 0 Å². The van der Waals surface area contributed by atoms with Crippen molar-refractivity contribution < 1.29 is 14.7 Å². The van der Waals surface area contributed by atoms with E-state index >= 15 is 0 Å². The molecule has 12 heavy (non-hydrogen) atoms. The van der Waals surface area contributed by atoms with Gasteiger partial charge in [-0.05, 0) is 12.8 Å². The first kappa shape index (κ1) is 9.03. The summed E-state index contributed by atoms with van der Waals surface area (Å²) in [6.45, 7) is 0. The summed E-state index contributed by atoms with van der Waals surface area (Å²) in [6, 6.07) is -0.155. The van der Waals surface area contributed by atoms with Crippen molar-refractivity contribution >= 4 is 11.9 Å². The summed E-state index contributed by atoms with van der Waals surface area (Å²) in [6.07, 6.45) is 3.19. The number of carboxylic acids is 1. The third kappa shape index (κ3) is 2.90. The second-order valence-corrected chi connectivity index (χ2v) is 3.11. The van der Waals surface area contributed by atoms with E-state index < -0.39 is 5.97 Å².